The highest BCUT2D eigenvalue weighted by atomic mass is 32.1. The number of thiazole rings is 1. The van der Waals surface area contributed by atoms with Gasteiger partial charge in [0.25, 0.3) is 0 Å². The third-order valence-corrected chi connectivity index (χ3v) is 3.52. The van der Waals surface area contributed by atoms with E-state index in [1.165, 1.54) is 11.3 Å². The Morgan fingerprint density at radius 3 is 2.91 bits per heavy atom. The van der Waals surface area contributed by atoms with E-state index < -0.39 is 0 Å². The van der Waals surface area contributed by atoms with Gasteiger partial charge in [-0.3, -0.25) is 4.79 Å². The first-order chi connectivity index (χ1) is 10.8. The molecule has 8 heteroatoms. The maximum Gasteiger partial charge on any atom is 0.228 e. The number of hydrogen-bond acceptors (Lipinski definition) is 7. The van der Waals surface area contributed by atoms with E-state index in [9.17, 15) is 4.79 Å². The number of nitrogens with zero attached hydrogens (tertiary/aromatic N) is 3. The van der Waals surface area contributed by atoms with E-state index in [0.717, 1.165) is 5.76 Å². The summed E-state index contributed by atoms with van der Waals surface area (Å²) in [5, 5.41) is 8.25. The number of aromatic nitrogens is 3. The van der Waals surface area contributed by atoms with Gasteiger partial charge in [0.15, 0.2) is 5.13 Å². The number of furan rings is 1. The molecular weight excluding hydrogens is 302 g/mol. The zero-order valence-corrected chi connectivity index (χ0v) is 12.3. The molecule has 0 aliphatic heterocycles. The summed E-state index contributed by atoms with van der Waals surface area (Å²) in [4.78, 5) is 24.3. The Morgan fingerprint density at radius 2 is 2.14 bits per heavy atom. The molecule has 0 atom stereocenters. The van der Waals surface area contributed by atoms with Crippen molar-refractivity contribution in [2.45, 2.75) is 13.0 Å². The van der Waals surface area contributed by atoms with Crippen molar-refractivity contribution in [2.75, 3.05) is 5.32 Å². The summed E-state index contributed by atoms with van der Waals surface area (Å²) in [6.07, 6.45) is 5.08. The molecule has 0 aromatic carbocycles. The Hall–Kier alpha value is -2.74. The number of carbonyl (C=O) groups is 1. The van der Waals surface area contributed by atoms with Crippen LogP contribution >= 0.6 is 11.3 Å². The van der Waals surface area contributed by atoms with Crippen LogP contribution in [0.1, 0.15) is 11.5 Å². The fourth-order valence-electron chi connectivity index (χ4n) is 1.73. The first-order valence-corrected chi connectivity index (χ1v) is 7.45. The molecule has 0 radical (unpaired) electrons. The van der Waals surface area contributed by atoms with Gasteiger partial charge in [0.1, 0.15) is 5.76 Å². The van der Waals surface area contributed by atoms with Crippen LogP contribution in [0.4, 0.5) is 11.1 Å². The van der Waals surface area contributed by atoms with Crippen LogP contribution < -0.4 is 10.6 Å². The fourth-order valence-corrected chi connectivity index (χ4v) is 2.43. The smallest absolute Gasteiger partial charge is 0.228 e. The highest BCUT2D eigenvalue weighted by molar-refractivity contribution is 7.13. The molecule has 0 spiro atoms. The number of anilines is 2. The van der Waals surface area contributed by atoms with E-state index in [0.29, 0.717) is 23.3 Å². The first kappa shape index (κ1) is 14.2. The Balaban J connectivity index is 1.51. The molecule has 0 unspecified atom stereocenters. The minimum absolute atomic E-state index is 0.107. The number of carbonyl (C=O) groups excluding carboxylic acids is 1. The third kappa shape index (κ3) is 3.89. The minimum atomic E-state index is -0.107. The molecule has 0 fully saturated rings. The largest absolute Gasteiger partial charge is 0.467 e. The molecule has 3 aromatic heterocycles. The van der Waals surface area contributed by atoms with Crippen molar-refractivity contribution in [3.63, 3.8) is 0 Å². The molecule has 0 saturated heterocycles. The Labute approximate surface area is 130 Å². The van der Waals surface area contributed by atoms with E-state index in [1.54, 1.807) is 30.8 Å². The zero-order valence-electron chi connectivity index (χ0n) is 11.5. The van der Waals surface area contributed by atoms with E-state index in [1.807, 2.05) is 11.4 Å². The van der Waals surface area contributed by atoms with Crippen molar-refractivity contribution in [2.24, 2.45) is 0 Å². The maximum atomic E-state index is 11.8. The number of amides is 1. The van der Waals surface area contributed by atoms with Crippen LogP contribution in [0.3, 0.4) is 0 Å². The van der Waals surface area contributed by atoms with Gasteiger partial charge in [-0.05, 0) is 18.2 Å². The van der Waals surface area contributed by atoms with Crippen LogP contribution in [-0.4, -0.2) is 20.9 Å². The predicted octanol–water partition coefficient (Wildman–Crippen LogP) is 2.13. The lowest BCUT2D eigenvalue weighted by Gasteiger charge is -2.01. The monoisotopic (exact) mass is 315 g/mol. The predicted molar refractivity (Wildman–Crippen MR) is 81.7 cm³/mol. The third-order valence-electron chi connectivity index (χ3n) is 2.72. The van der Waals surface area contributed by atoms with Crippen LogP contribution in [0.15, 0.2) is 46.7 Å². The molecule has 1 amide bonds. The molecule has 7 nitrogen and oxygen atoms in total. The summed E-state index contributed by atoms with van der Waals surface area (Å²) in [6, 6.07) is 5.33. The minimum Gasteiger partial charge on any atom is -0.467 e. The van der Waals surface area contributed by atoms with E-state index in [2.05, 4.69) is 25.6 Å². The molecule has 22 heavy (non-hydrogen) atoms. The van der Waals surface area contributed by atoms with Crippen LogP contribution in [0.5, 0.6) is 0 Å². The van der Waals surface area contributed by atoms with Gasteiger partial charge in [0.2, 0.25) is 11.9 Å². The molecule has 0 bridgehead atoms. The number of nitrogens with one attached hydrogen (secondary N) is 2. The van der Waals surface area contributed by atoms with Crippen LogP contribution in [-0.2, 0) is 17.8 Å². The average molecular weight is 315 g/mol. The lowest BCUT2D eigenvalue weighted by atomic mass is 10.3. The molecule has 112 valence electrons. The van der Waals surface area contributed by atoms with Crippen molar-refractivity contribution in [3.05, 3.63) is 53.7 Å². The number of hydrogen-bond donors (Lipinski definition) is 2. The lowest BCUT2D eigenvalue weighted by molar-refractivity contribution is -0.120. The van der Waals surface area contributed by atoms with Crippen molar-refractivity contribution >= 4 is 28.3 Å². The Morgan fingerprint density at radius 1 is 1.27 bits per heavy atom. The number of rotatable bonds is 6. The molecule has 2 N–H and O–H groups in total. The van der Waals surface area contributed by atoms with Gasteiger partial charge in [-0.15, -0.1) is 11.3 Å². The van der Waals surface area contributed by atoms with Crippen LogP contribution in [0, 0.1) is 0 Å². The van der Waals surface area contributed by atoms with Crippen LogP contribution in [0.25, 0.3) is 0 Å². The molecule has 0 saturated carbocycles. The molecule has 3 aromatic rings. The standard InChI is InChI=1S/C14H13N5O2S/c20-12(17-8-11-3-1-6-21-11)7-10-9-22-14(18-10)19-13-15-4-2-5-16-13/h1-6,9H,7-8H2,(H,17,20)(H,15,16,18,19). The van der Waals surface area contributed by atoms with Gasteiger partial charge in [-0.2, -0.15) is 0 Å². The van der Waals surface area contributed by atoms with Crippen LogP contribution in [0.2, 0.25) is 0 Å². The van der Waals surface area contributed by atoms with Gasteiger partial charge in [0, 0.05) is 17.8 Å². The second-order valence-corrected chi connectivity index (χ2v) is 5.23. The Kier molecular flexibility index (Phi) is 4.40. The Bertz CT molecular complexity index is 727. The molecule has 0 aliphatic rings. The second-order valence-electron chi connectivity index (χ2n) is 4.37. The maximum absolute atomic E-state index is 11.8. The summed E-state index contributed by atoms with van der Waals surface area (Å²) in [7, 11) is 0. The average Bonchev–Trinajstić information content (AvgIpc) is 3.18. The molecule has 0 aliphatic carbocycles. The quantitative estimate of drug-likeness (QED) is 0.724. The topological polar surface area (TPSA) is 92.9 Å². The van der Waals surface area contributed by atoms with Gasteiger partial charge < -0.3 is 15.1 Å². The van der Waals surface area contributed by atoms with Gasteiger partial charge in [-0.25, -0.2) is 15.0 Å². The summed E-state index contributed by atoms with van der Waals surface area (Å²) < 4.78 is 5.15. The summed E-state index contributed by atoms with van der Waals surface area (Å²) >= 11 is 1.40. The van der Waals surface area contributed by atoms with Crippen molar-refractivity contribution < 1.29 is 9.21 Å². The van der Waals surface area contributed by atoms with E-state index in [4.69, 9.17) is 4.42 Å². The molecular formula is C14H13N5O2S. The molecule has 3 rings (SSSR count). The summed E-state index contributed by atoms with van der Waals surface area (Å²) in [5.74, 6) is 1.09. The molecule has 3 heterocycles. The normalized spacial score (nSPS) is 10.4. The van der Waals surface area contributed by atoms with E-state index >= 15 is 0 Å². The van der Waals surface area contributed by atoms with Gasteiger partial charge >= 0.3 is 0 Å². The SMILES string of the molecule is O=C(Cc1csc(Nc2ncccn2)n1)NCc1ccco1. The van der Waals surface area contributed by atoms with Crippen molar-refractivity contribution in [1.29, 1.82) is 0 Å². The fraction of sp³-hybridized carbons (Fsp3) is 0.143. The lowest BCUT2D eigenvalue weighted by Crippen LogP contribution is -2.24. The van der Waals surface area contributed by atoms with Gasteiger partial charge in [0.05, 0.1) is 24.9 Å². The van der Waals surface area contributed by atoms with Gasteiger partial charge in [-0.1, -0.05) is 0 Å². The highest BCUT2D eigenvalue weighted by Gasteiger charge is 2.09. The van der Waals surface area contributed by atoms with E-state index in [-0.39, 0.29) is 12.3 Å². The highest BCUT2D eigenvalue weighted by Crippen LogP contribution is 2.18. The second kappa shape index (κ2) is 6.81. The zero-order chi connectivity index (χ0) is 15.2. The van der Waals surface area contributed by atoms with Crippen molar-refractivity contribution in [1.82, 2.24) is 20.3 Å². The summed E-state index contributed by atoms with van der Waals surface area (Å²) in [6.45, 7) is 0.374. The summed E-state index contributed by atoms with van der Waals surface area (Å²) in [5.41, 5.74) is 0.695. The van der Waals surface area contributed by atoms with Crippen molar-refractivity contribution in [3.8, 4) is 0 Å². The first-order valence-electron chi connectivity index (χ1n) is 6.57.